The number of amides is 1. The van der Waals surface area contributed by atoms with Crippen molar-refractivity contribution < 1.29 is 4.79 Å². The molecule has 4 rings (SSSR count). The predicted octanol–water partition coefficient (Wildman–Crippen LogP) is 0.816. The first-order valence-electron chi connectivity index (χ1n) is 8.22. The van der Waals surface area contributed by atoms with Crippen molar-refractivity contribution in [2.75, 3.05) is 18.0 Å². The molecule has 0 bridgehead atoms. The molecule has 4 heterocycles. The molecule has 1 saturated heterocycles. The zero-order chi connectivity index (χ0) is 17.2. The number of hydrogen-bond donors (Lipinski definition) is 2. The van der Waals surface area contributed by atoms with Crippen molar-refractivity contribution in [2.24, 2.45) is 0 Å². The molecule has 3 aromatic heterocycles. The first-order chi connectivity index (χ1) is 12.2. The molecule has 8 heteroatoms. The van der Waals surface area contributed by atoms with E-state index in [1.54, 1.807) is 24.8 Å². The number of carbonyl (C=O) groups excluding carboxylic acids is 1. The van der Waals surface area contributed by atoms with Gasteiger partial charge in [-0.2, -0.15) is 0 Å². The summed E-state index contributed by atoms with van der Waals surface area (Å²) < 4.78 is 1.85. The van der Waals surface area contributed by atoms with Crippen molar-refractivity contribution >= 4 is 17.2 Å². The fourth-order valence-electron chi connectivity index (χ4n) is 3.19. The number of fused-ring (bicyclic) bond motifs is 1. The van der Waals surface area contributed by atoms with Crippen molar-refractivity contribution in [2.45, 2.75) is 18.9 Å². The minimum atomic E-state index is -0.208. The van der Waals surface area contributed by atoms with Crippen LogP contribution in [0.1, 0.15) is 23.2 Å². The van der Waals surface area contributed by atoms with Gasteiger partial charge in [0.05, 0.1) is 18.0 Å². The number of anilines is 1. The summed E-state index contributed by atoms with van der Waals surface area (Å²) in [5.74, 6) is 0.285. The van der Waals surface area contributed by atoms with E-state index in [2.05, 4.69) is 20.3 Å². The highest BCUT2D eigenvalue weighted by atomic mass is 16.1. The molecular formula is C17H18N6O2. The third kappa shape index (κ3) is 3.10. The number of imidazole rings is 1. The van der Waals surface area contributed by atoms with Crippen molar-refractivity contribution in [3.8, 4) is 0 Å². The Balaban J connectivity index is 1.47. The maximum absolute atomic E-state index is 12.5. The molecule has 1 aliphatic heterocycles. The van der Waals surface area contributed by atoms with Gasteiger partial charge in [0.25, 0.3) is 11.5 Å². The van der Waals surface area contributed by atoms with Gasteiger partial charge in [0.15, 0.2) is 5.82 Å². The van der Waals surface area contributed by atoms with Crippen molar-refractivity contribution in [3.63, 3.8) is 0 Å². The first kappa shape index (κ1) is 15.4. The van der Waals surface area contributed by atoms with E-state index in [-0.39, 0.29) is 17.5 Å². The molecule has 1 aliphatic rings. The molecular weight excluding hydrogens is 320 g/mol. The number of carbonyl (C=O) groups is 1. The van der Waals surface area contributed by atoms with E-state index in [9.17, 15) is 9.59 Å². The molecule has 1 amide bonds. The summed E-state index contributed by atoms with van der Waals surface area (Å²) in [4.78, 5) is 37.2. The lowest BCUT2D eigenvalue weighted by molar-refractivity contribution is 0.0933. The van der Waals surface area contributed by atoms with Gasteiger partial charge in [0.2, 0.25) is 0 Å². The van der Waals surface area contributed by atoms with E-state index in [1.807, 2.05) is 21.6 Å². The lowest BCUT2D eigenvalue weighted by Crippen LogP contribution is -2.49. The van der Waals surface area contributed by atoms with Gasteiger partial charge in [-0.3, -0.25) is 9.59 Å². The SMILES string of the molecule is O=C(N[C@@H]1CCCN(c2ncc[nH]c2=O)C1)c1ccn2cncc2c1. The minimum absolute atomic E-state index is 0.0243. The Hall–Kier alpha value is -3.16. The second-order valence-electron chi connectivity index (χ2n) is 6.14. The quantitative estimate of drug-likeness (QED) is 0.737. The van der Waals surface area contributed by atoms with Crippen LogP contribution in [0.25, 0.3) is 5.52 Å². The molecule has 0 radical (unpaired) electrons. The fourth-order valence-corrected chi connectivity index (χ4v) is 3.19. The number of nitrogens with zero attached hydrogens (tertiary/aromatic N) is 4. The molecule has 3 aromatic rings. The van der Waals surface area contributed by atoms with E-state index in [1.165, 1.54) is 6.20 Å². The van der Waals surface area contributed by atoms with Crippen molar-refractivity contribution in [1.29, 1.82) is 0 Å². The van der Waals surface area contributed by atoms with E-state index in [0.717, 1.165) is 24.9 Å². The molecule has 2 N–H and O–H groups in total. The number of hydrogen-bond acceptors (Lipinski definition) is 5. The summed E-state index contributed by atoms with van der Waals surface area (Å²) in [6, 6.07) is 3.56. The largest absolute Gasteiger partial charge is 0.350 e. The Kier molecular flexibility index (Phi) is 3.93. The van der Waals surface area contributed by atoms with Gasteiger partial charge in [0.1, 0.15) is 0 Å². The summed E-state index contributed by atoms with van der Waals surface area (Å²) in [5, 5.41) is 3.06. The van der Waals surface area contributed by atoms with Crippen molar-refractivity contribution in [3.05, 3.63) is 59.2 Å². The second kappa shape index (κ2) is 6.39. The number of nitrogens with one attached hydrogen (secondary N) is 2. The highest BCUT2D eigenvalue weighted by Crippen LogP contribution is 2.15. The number of aromatic nitrogens is 4. The summed E-state index contributed by atoms with van der Waals surface area (Å²) >= 11 is 0. The maximum Gasteiger partial charge on any atom is 0.290 e. The van der Waals surface area contributed by atoms with Crippen LogP contribution in [0.3, 0.4) is 0 Å². The number of piperidine rings is 1. The predicted molar refractivity (Wildman–Crippen MR) is 92.8 cm³/mol. The van der Waals surface area contributed by atoms with Crippen LogP contribution < -0.4 is 15.8 Å². The van der Waals surface area contributed by atoms with Crippen LogP contribution in [0.5, 0.6) is 0 Å². The van der Waals surface area contributed by atoms with Gasteiger partial charge in [0, 0.05) is 43.3 Å². The normalized spacial score (nSPS) is 17.6. The van der Waals surface area contributed by atoms with Crippen molar-refractivity contribution in [1.82, 2.24) is 24.7 Å². The Bertz CT molecular complexity index is 963. The topological polar surface area (TPSA) is 95.4 Å². The summed E-state index contributed by atoms with van der Waals surface area (Å²) in [7, 11) is 0. The number of aromatic amines is 1. The van der Waals surface area contributed by atoms with Crippen LogP contribution >= 0.6 is 0 Å². The number of pyridine rings is 1. The number of rotatable bonds is 3. The molecule has 0 aliphatic carbocycles. The third-order valence-corrected chi connectivity index (χ3v) is 4.42. The average molecular weight is 338 g/mol. The highest BCUT2D eigenvalue weighted by Gasteiger charge is 2.24. The van der Waals surface area contributed by atoms with E-state index in [0.29, 0.717) is 17.9 Å². The molecule has 0 spiro atoms. The zero-order valence-corrected chi connectivity index (χ0v) is 13.6. The smallest absolute Gasteiger partial charge is 0.290 e. The lowest BCUT2D eigenvalue weighted by atomic mass is 10.1. The first-order valence-corrected chi connectivity index (χ1v) is 8.22. The minimum Gasteiger partial charge on any atom is -0.350 e. The molecule has 0 aromatic carbocycles. The van der Waals surface area contributed by atoms with Crippen LogP contribution in [0.4, 0.5) is 5.82 Å². The maximum atomic E-state index is 12.5. The van der Waals surface area contributed by atoms with Gasteiger partial charge < -0.3 is 19.6 Å². The molecule has 8 nitrogen and oxygen atoms in total. The van der Waals surface area contributed by atoms with Gasteiger partial charge in [-0.15, -0.1) is 0 Å². The van der Waals surface area contributed by atoms with Crippen LogP contribution in [0.2, 0.25) is 0 Å². The molecule has 1 fully saturated rings. The summed E-state index contributed by atoms with van der Waals surface area (Å²) in [6.45, 7) is 1.33. The lowest BCUT2D eigenvalue weighted by Gasteiger charge is -2.33. The van der Waals surface area contributed by atoms with Gasteiger partial charge in [-0.1, -0.05) is 0 Å². The van der Waals surface area contributed by atoms with Crippen LogP contribution in [0.15, 0.2) is 48.0 Å². The third-order valence-electron chi connectivity index (χ3n) is 4.42. The summed E-state index contributed by atoms with van der Waals surface area (Å²) in [5.41, 5.74) is 1.26. The van der Waals surface area contributed by atoms with E-state index >= 15 is 0 Å². The van der Waals surface area contributed by atoms with Crippen LogP contribution in [0, 0.1) is 0 Å². The Morgan fingerprint density at radius 1 is 1.40 bits per heavy atom. The van der Waals surface area contributed by atoms with Crippen LogP contribution in [-0.2, 0) is 0 Å². The molecule has 0 unspecified atom stereocenters. The molecule has 1 atom stereocenters. The molecule has 25 heavy (non-hydrogen) atoms. The molecule has 128 valence electrons. The van der Waals surface area contributed by atoms with E-state index in [4.69, 9.17) is 0 Å². The van der Waals surface area contributed by atoms with E-state index < -0.39 is 0 Å². The Morgan fingerprint density at radius 3 is 3.20 bits per heavy atom. The standard InChI is InChI=1S/C17H18N6O2/c24-16(12-3-7-23-11-18-9-14(23)8-12)21-13-2-1-6-22(10-13)15-17(25)20-5-4-19-15/h3-5,7-9,11,13H,1-2,6,10H2,(H,20,25)(H,21,24)/t13-/m1/s1. The average Bonchev–Trinajstić information content (AvgIpc) is 3.10. The van der Waals surface area contributed by atoms with Gasteiger partial charge in [-0.25, -0.2) is 9.97 Å². The summed E-state index contributed by atoms with van der Waals surface area (Å²) in [6.07, 6.45) is 10.1. The Labute approximate surface area is 143 Å². The second-order valence-corrected chi connectivity index (χ2v) is 6.14. The zero-order valence-electron chi connectivity index (χ0n) is 13.6. The van der Waals surface area contributed by atoms with Gasteiger partial charge >= 0.3 is 0 Å². The highest BCUT2D eigenvalue weighted by molar-refractivity contribution is 5.95. The number of H-pyrrole nitrogens is 1. The Morgan fingerprint density at radius 2 is 2.32 bits per heavy atom. The molecule has 0 saturated carbocycles. The fraction of sp³-hybridized carbons (Fsp3) is 0.294. The monoisotopic (exact) mass is 338 g/mol. The van der Waals surface area contributed by atoms with Gasteiger partial charge in [-0.05, 0) is 25.0 Å². The van der Waals surface area contributed by atoms with Crippen LogP contribution in [-0.4, -0.2) is 44.4 Å².